The lowest BCUT2D eigenvalue weighted by atomic mass is 9.91. The van der Waals surface area contributed by atoms with Crippen LogP contribution in [-0.2, 0) is 6.42 Å². The van der Waals surface area contributed by atoms with Crippen LogP contribution in [0.25, 0.3) is 0 Å². The quantitative estimate of drug-likeness (QED) is 0.267. The predicted molar refractivity (Wildman–Crippen MR) is 112 cm³/mol. The summed E-state index contributed by atoms with van der Waals surface area (Å²) in [6.07, 6.45) is 11.9. The molecule has 2 atom stereocenters. The molecule has 1 aliphatic rings. The Hall–Kier alpha value is -0.910. The van der Waals surface area contributed by atoms with Crippen LogP contribution in [-0.4, -0.2) is 34.0 Å². The Bertz CT molecular complexity index is 583. The molecule has 0 bridgehead atoms. The number of unbranched alkanes of at least 4 members (excludes halogenated alkanes) is 1. The molecule has 132 valence electrons. The average Bonchev–Trinajstić information content (AvgIpc) is 2.58. The highest BCUT2D eigenvalue weighted by Gasteiger charge is 2.23. The molecule has 1 aromatic carbocycles. The molecule has 2 rings (SSSR count). The smallest absolute Gasteiger partial charge is 0.127 e. The Morgan fingerprint density at radius 3 is 2.54 bits per heavy atom. The van der Waals surface area contributed by atoms with Crippen LogP contribution in [0.2, 0.25) is 0 Å². The first-order chi connectivity index (χ1) is 11.7. The molecule has 0 aliphatic heterocycles. The van der Waals surface area contributed by atoms with Crippen LogP contribution in [0.1, 0.15) is 62.1 Å². The Labute approximate surface area is 159 Å². The van der Waals surface area contributed by atoms with Crippen LogP contribution in [0.4, 0.5) is 0 Å². The summed E-state index contributed by atoms with van der Waals surface area (Å²) in [5, 5.41) is 10.4. The van der Waals surface area contributed by atoms with Crippen molar-refractivity contribution in [1.29, 1.82) is 0 Å². The summed E-state index contributed by atoms with van der Waals surface area (Å²) in [4.78, 5) is 9.38. The van der Waals surface area contributed by atoms with Gasteiger partial charge in [-0.15, -0.1) is 0 Å². The van der Waals surface area contributed by atoms with Crippen LogP contribution >= 0.6 is 22.6 Å². The molecule has 1 fully saturated rings. The fraction of sp³-hybridized carbons (Fsp3) is 0.600. The topological polar surface area (TPSA) is 45.0 Å². The first-order valence-electron chi connectivity index (χ1n) is 9.05. The van der Waals surface area contributed by atoms with Gasteiger partial charge in [0.15, 0.2) is 0 Å². The van der Waals surface area contributed by atoms with Gasteiger partial charge >= 0.3 is 0 Å². The molecule has 0 radical (unpaired) electrons. The second-order valence-corrected chi connectivity index (χ2v) is 7.68. The van der Waals surface area contributed by atoms with Crippen molar-refractivity contribution in [3.05, 3.63) is 28.8 Å². The van der Waals surface area contributed by atoms with Crippen LogP contribution in [0.5, 0.6) is 5.75 Å². The molecule has 1 aliphatic carbocycles. The van der Waals surface area contributed by atoms with Gasteiger partial charge in [-0.2, -0.15) is 0 Å². The Balaban J connectivity index is 2.14. The van der Waals surface area contributed by atoms with Gasteiger partial charge in [0.25, 0.3) is 0 Å². The fourth-order valence-corrected chi connectivity index (χ4v) is 3.90. The number of rotatable bonds is 7. The van der Waals surface area contributed by atoms with Gasteiger partial charge in [-0.05, 0) is 73.8 Å². The second kappa shape index (κ2) is 10.2. The number of benzene rings is 1. The van der Waals surface area contributed by atoms with Gasteiger partial charge in [-0.3, -0.25) is 9.98 Å². The molecule has 0 aromatic heterocycles. The third-order valence-corrected chi connectivity index (χ3v) is 5.44. The van der Waals surface area contributed by atoms with Crippen molar-refractivity contribution >= 4 is 35.0 Å². The number of nitrogens with zero attached hydrogens (tertiary/aromatic N) is 2. The van der Waals surface area contributed by atoms with E-state index in [-0.39, 0.29) is 6.04 Å². The van der Waals surface area contributed by atoms with Crippen molar-refractivity contribution in [2.45, 2.75) is 70.9 Å². The monoisotopic (exact) mass is 440 g/mol. The number of phenolic OH excluding ortho intramolecular Hbond substituents is 1. The number of aryl methyl sites for hydroxylation is 2. The zero-order valence-corrected chi connectivity index (χ0v) is 17.0. The van der Waals surface area contributed by atoms with E-state index in [0.29, 0.717) is 11.8 Å². The van der Waals surface area contributed by atoms with E-state index in [1.165, 1.54) is 35.7 Å². The van der Waals surface area contributed by atoms with E-state index in [1.54, 1.807) is 0 Å². The molecule has 1 N–H and O–H groups in total. The van der Waals surface area contributed by atoms with Crippen LogP contribution in [0.15, 0.2) is 22.1 Å². The molecule has 4 heteroatoms. The minimum absolute atomic E-state index is 0.248. The number of aromatic hydroxyl groups is 1. The summed E-state index contributed by atoms with van der Waals surface area (Å²) in [5.41, 5.74) is 3.09. The van der Waals surface area contributed by atoms with Gasteiger partial charge < -0.3 is 5.11 Å². The van der Waals surface area contributed by atoms with E-state index in [9.17, 15) is 5.11 Å². The van der Waals surface area contributed by atoms with Crippen molar-refractivity contribution in [3.63, 3.8) is 0 Å². The third kappa shape index (κ3) is 5.57. The SMILES string of the molecule is C/C=N/C1CCCCC1/N=C/c1cc(CCCCI)cc(C)c1O. The highest BCUT2D eigenvalue weighted by atomic mass is 127. The molecule has 24 heavy (non-hydrogen) atoms. The van der Waals surface area contributed by atoms with Crippen molar-refractivity contribution in [1.82, 2.24) is 0 Å². The molecule has 1 saturated carbocycles. The van der Waals surface area contributed by atoms with Crippen LogP contribution in [0.3, 0.4) is 0 Å². The molecule has 0 saturated heterocycles. The minimum atomic E-state index is 0.248. The maximum absolute atomic E-state index is 10.4. The van der Waals surface area contributed by atoms with E-state index >= 15 is 0 Å². The summed E-state index contributed by atoms with van der Waals surface area (Å²) in [5.74, 6) is 0.364. The Morgan fingerprint density at radius 1 is 1.17 bits per heavy atom. The van der Waals surface area contributed by atoms with Gasteiger partial charge in [-0.1, -0.05) is 41.5 Å². The van der Waals surface area contributed by atoms with E-state index in [1.807, 2.05) is 26.3 Å². The number of halogens is 1. The Kier molecular flexibility index (Phi) is 8.22. The van der Waals surface area contributed by atoms with E-state index in [4.69, 9.17) is 4.99 Å². The highest BCUT2D eigenvalue weighted by Crippen LogP contribution is 2.26. The minimum Gasteiger partial charge on any atom is -0.507 e. The van der Waals surface area contributed by atoms with Crippen LogP contribution < -0.4 is 0 Å². The second-order valence-electron chi connectivity index (χ2n) is 6.60. The summed E-state index contributed by atoms with van der Waals surface area (Å²) in [6, 6.07) is 4.75. The van der Waals surface area contributed by atoms with Crippen molar-refractivity contribution in [3.8, 4) is 5.75 Å². The lowest BCUT2D eigenvalue weighted by molar-refractivity contribution is 0.390. The molecule has 0 spiro atoms. The molecule has 1 aromatic rings. The zero-order valence-electron chi connectivity index (χ0n) is 14.8. The molecule has 3 nitrogen and oxygen atoms in total. The largest absolute Gasteiger partial charge is 0.507 e. The van der Waals surface area contributed by atoms with Gasteiger partial charge in [0.05, 0.1) is 12.1 Å². The van der Waals surface area contributed by atoms with Crippen molar-refractivity contribution < 1.29 is 5.11 Å². The Morgan fingerprint density at radius 2 is 1.88 bits per heavy atom. The molecule has 0 amide bonds. The number of hydrogen-bond acceptors (Lipinski definition) is 3. The summed E-state index contributed by atoms with van der Waals surface area (Å²) < 4.78 is 1.20. The van der Waals surface area contributed by atoms with E-state index in [2.05, 4.69) is 39.7 Å². The van der Waals surface area contributed by atoms with Crippen molar-refractivity contribution in [2.75, 3.05) is 4.43 Å². The average molecular weight is 440 g/mol. The number of aliphatic imine (C=N–C) groups is 2. The molecule has 0 heterocycles. The van der Waals surface area contributed by atoms with E-state index in [0.717, 1.165) is 30.4 Å². The molecular formula is C20H29IN2O. The van der Waals surface area contributed by atoms with Gasteiger partial charge in [0, 0.05) is 11.8 Å². The first-order valence-corrected chi connectivity index (χ1v) is 10.6. The summed E-state index contributed by atoms with van der Waals surface area (Å²) >= 11 is 2.42. The number of alkyl halides is 1. The molecular weight excluding hydrogens is 411 g/mol. The standard InChI is InChI=1S/C20H29IN2O/c1-3-22-18-9-4-5-10-19(18)23-14-17-13-16(8-6-7-11-21)12-15(2)20(17)24/h3,12-14,18-19,24H,4-11H2,1-2H3/b22-3+,23-14+. The lowest BCUT2D eigenvalue weighted by Crippen LogP contribution is -2.27. The third-order valence-electron chi connectivity index (χ3n) is 4.68. The van der Waals surface area contributed by atoms with Crippen molar-refractivity contribution in [2.24, 2.45) is 9.98 Å². The number of phenols is 1. The van der Waals surface area contributed by atoms with E-state index < -0.39 is 0 Å². The highest BCUT2D eigenvalue weighted by molar-refractivity contribution is 14.1. The fourth-order valence-electron chi connectivity index (χ4n) is 3.36. The summed E-state index contributed by atoms with van der Waals surface area (Å²) in [6.45, 7) is 3.95. The zero-order chi connectivity index (χ0) is 17.4. The maximum Gasteiger partial charge on any atom is 0.127 e. The van der Waals surface area contributed by atoms with Gasteiger partial charge in [0.1, 0.15) is 5.75 Å². The predicted octanol–water partition coefficient (Wildman–Crippen LogP) is 5.28. The maximum atomic E-state index is 10.4. The van der Waals surface area contributed by atoms with Gasteiger partial charge in [0.2, 0.25) is 0 Å². The summed E-state index contributed by atoms with van der Waals surface area (Å²) in [7, 11) is 0. The first kappa shape index (κ1) is 19.4. The van der Waals surface area contributed by atoms with Gasteiger partial charge in [-0.25, -0.2) is 0 Å². The molecule has 2 unspecified atom stereocenters. The van der Waals surface area contributed by atoms with Crippen LogP contribution in [0, 0.1) is 6.92 Å². The normalized spacial score (nSPS) is 21.8. The number of hydrogen-bond donors (Lipinski definition) is 1. The lowest BCUT2D eigenvalue weighted by Gasteiger charge is -2.25.